The van der Waals surface area contributed by atoms with Crippen LogP contribution in [0.3, 0.4) is 0 Å². The van der Waals surface area contributed by atoms with E-state index in [9.17, 15) is 14.4 Å². The van der Waals surface area contributed by atoms with Crippen LogP contribution in [0, 0.1) is 0 Å². The molecule has 1 fully saturated rings. The molecular formula is C38H39N3O5. The third kappa shape index (κ3) is 9.64. The lowest BCUT2D eigenvalue weighted by Crippen LogP contribution is -2.49. The number of hydrogen-bond acceptors (Lipinski definition) is 6. The number of morpholine rings is 1. The van der Waals surface area contributed by atoms with Gasteiger partial charge in [-0.25, -0.2) is 4.79 Å². The second kappa shape index (κ2) is 16.7. The van der Waals surface area contributed by atoms with E-state index in [1.807, 2.05) is 126 Å². The van der Waals surface area contributed by atoms with Crippen LogP contribution in [0.2, 0.25) is 0 Å². The minimum Gasteiger partial charge on any atom is -0.448 e. The van der Waals surface area contributed by atoms with Gasteiger partial charge in [0.15, 0.2) is 6.10 Å². The first kappa shape index (κ1) is 32.2. The third-order valence-corrected chi connectivity index (χ3v) is 7.68. The number of nitrogens with one attached hydrogen (secondary N) is 2. The maximum absolute atomic E-state index is 13.9. The van der Waals surface area contributed by atoms with Crippen molar-refractivity contribution in [2.45, 2.75) is 31.4 Å². The maximum Gasteiger partial charge on any atom is 0.357 e. The van der Waals surface area contributed by atoms with Crippen LogP contribution >= 0.6 is 0 Å². The monoisotopic (exact) mass is 617 g/mol. The van der Waals surface area contributed by atoms with Gasteiger partial charge in [0.2, 0.25) is 11.8 Å². The molecular weight excluding hydrogens is 578 g/mol. The highest BCUT2D eigenvalue weighted by Gasteiger charge is 2.28. The van der Waals surface area contributed by atoms with Gasteiger partial charge >= 0.3 is 5.97 Å². The van der Waals surface area contributed by atoms with Crippen molar-refractivity contribution in [2.24, 2.45) is 0 Å². The molecule has 4 aromatic carbocycles. The zero-order chi connectivity index (χ0) is 32.0. The quantitative estimate of drug-likeness (QED) is 0.163. The van der Waals surface area contributed by atoms with E-state index in [-0.39, 0.29) is 24.4 Å². The van der Waals surface area contributed by atoms with Crippen LogP contribution in [0.4, 0.5) is 0 Å². The molecule has 2 amide bonds. The molecule has 1 atom stereocenters. The lowest BCUT2D eigenvalue weighted by atomic mass is 10.0. The van der Waals surface area contributed by atoms with E-state index >= 15 is 0 Å². The minimum absolute atomic E-state index is 0.0136. The van der Waals surface area contributed by atoms with Crippen LogP contribution in [0.25, 0.3) is 0 Å². The Kier molecular flexibility index (Phi) is 11.7. The molecule has 0 radical (unpaired) electrons. The highest BCUT2D eigenvalue weighted by Crippen LogP contribution is 2.27. The fourth-order valence-corrected chi connectivity index (χ4v) is 5.23. The molecule has 0 bridgehead atoms. The second-order valence-electron chi connectivity index (χ2n) is 11.1. The van der Waals surface area contributed by atoms with Crippen LogP contribution in [0.15, 0.2) is 133 Å². The highest BCUT2D eigenvalue weighted by molar-refractivity contribution is 5.97. The summed E-state index contributed by atoms with van der Waals surface area (Å²) in [5.41, 5.74) is 3.49. The van der Waals surface area contributed by atoms with Gasteiger partial charge in [-0.15, -0.1) is 0 Å². The van der Waals surface area contributed by atoms with Gasteiger partial charge < -0.3 is 25.0 Å². The molecule has 1 aliphatic rings. The predicted molar refractivity (Wildman–Crippen MR) is 176 cm³/mol. The molecule has 0 spiro atoms. The van der Waals surface area contributed by atoms with Gasteiger partial charge in [-0.3, -0.25) is 9.59 Å². The van der Waals surface area contributed by atoms with Gasteiger partial charge in [-0.2, -0.15) is 0 Å². The number of amides is 2. The van der Waals surface area contributed by atoms with Crippen molar-refractivity contribution in [3.8, 4) is 0 Å². The van der Waals surface area contributed by atoms with E-state index in [1.54, 1.807) is 6.20 Å². The smallest absolute Gasteiger partial charge is 0.357 e. The number of carbonyl (C=O) groups is 3. The van der Waals surface area contributed by atoms with E-state index in [2.05, 4.69) is 10.6 Å². The number of nitrogens with zero attached hydrogens (tertiary/aromatic N) is 1. The molecule has 1 heterocycles. The van der Waals surface area contributed by atoms with E-state index < -0.39 is 24.0 Å². The average Bonchev–Trinajstić information content (AvgIpc) is 3.11. The number of esters is 1. The summed E-state index contributed by atoms with van der Waals surface area (Å²) in [5.74, 6) is -1.45. The number of hydrogen-bond donors (Lipinski definition) is 2. The van der Waals surface area contributed by atoms with Gasteiger partial charge in [0.05, 0.1) is 13.2 Å². The van der Waals surface area contributed by atoms with Crippen molar-refractivity contribution >= 4 is 17.8 Å². The average molecular weight is 618 g/mol. The van der Waals surface area contributed by atoms with Gasteiger partial charge in [0.25, 0.3) is 0 Å². The van der Waals surface area contributed by atoms with Gasteiger partial charge in [0.1, 0.15) is 11.7 Å². The fraction of sp³-hybridized carbons (Fsp3) is 0.237. The maximum atomic E-state index is 13.9. The summed E-state index contributed by atoms with van der Waals surface area (Å²) < 4.78 is 11.6. The van der Waals surface area contributed by atoms with Crippen molar-refractivity contribution in [2.75, 3.05) is 26.3 Å². The zero-order valence-corrected chi connectivity index (χ0v) is 25.7. The van der Waals surface area contributed by atoms with Crippen molar-refractivity contribution in [1.29, 1.82) is 0 Å². The molecule has 236 valence electrons. The normalized spacial score (nSPS) is 13.9. The highest BCUT2D eigenvalue weighted by atomic mass is 16.5. The van der Waals surface area contributed by atoms with Gasteiger partial charge in [-0.1, -0.05) is 121 Å². The number of rotatable bonds is 13. The minimum atomic E-state index is -0.925. The molecule has 0 saturated carbocycles. The SMILES string of the molecule is O=C(CCc1ccccc1)N[C@@H](Cc1ccccc1)C(=O)NC(=CN1CCOCC1)C(=O)OC(c1ccccc1)c1ccccc1. The van der Waals surface area contributed by atoms with Crippen LogP contribution < -0.4 is 10.6 Å². The van der Waals surface area contributed by atoms with E-state index in [4.69, 9.17) is 9.47 Å². The predicted octanol–water partition coefficient (Wildman–Crippen LogP) is 4.97. The molecule has 46 heavy (non-hydrogen) atoms. The Hall–Kier alpha value is -5.21. The summed E-state index contributed by atoms with van der Waals surface area (Å²) in [6.07, 6.45) is 1.93. The first-order chi connectivity index (χ1) is 22.5. The Morgan fingerprint density at radius 2 is 1.26 bits per heavy atom. The van der Waals surface area contributed by atoms with E-state index in [0.717, 1.165) is 22.3 Å². The Bertz CT molecular complexity index is 1530. The third-order valence-electron chi connectivity index (χ3n) is 7.68. The van der Waals surface area contributed by atoms with Crippen LogP contribution in [0.1, 0.15) is 34.8 Å². The van der Waals surface area contributed by atoms with Crippen LogP contribution in [-0.2, 0) is 36.7 Å². The number of aryl methyl sites for hydroxylation is 1. The summed E-state index contributed by atoms with van der Waals surface area (Å²) in [4.78, 5) is 42.9. The summed E-state index contributed by atoms with van der Waals surface area (Å²) in [7, 11) is 0. The Morgan fingerprint density at radius 1 is 0.739 bits per heavy atom. The summed E-state index contributed by atoms with van der Waals surface area (Å²) in [6, 6.07) is 37.2. The summed E-state index contributed by atoms with van der Waals surface area (Å²) in [6.45, 7) is 2.10. The van der Waals surface area contributed by atoms with Crippen molar-refractivity contribution in [1.82, 2.24) is 15.5 Å². The largest absolute Gasteiger partial charge is 0.448 e. The van der Waals surface area contributed by atoms with Crippen molar-refractivity contribution < 1.29 is 23.9 Å². The topological polar surface area (TPSA) is 97.0 Å². The first-order valence-corrected chi connectivity index (χ1v) is 15.6. The van der Waals surface area contributed by atoms with Crippen LogP contribution in [-0.4, -0.2) is 55.0 Å². The molecule has 0 aromatic heterocycles. The Balaban J connectivity index is 1.37. The molecule has 4 aromatic rings. The molecule has 0 aliphatic carbocycles. The van der Waals surface area contributed by atoms with Crippen molar-refractivity contribution in [3.05, 3.63) is 155 Å². The van der Waals surface area contributed by atoms with Crippen molar-refractivity contribution in [3.63, 3.8) is 0 Å². The second-order valence-corrected chi connectivity index (χ2v) is 11.1. The molecule has 0 unspecified atom stereocenters. The molecule has 8 nitrogen and oxygen atoms in total. The molecule has 2 N–H and O–H groups in total. The zero-order valence-electron chi connectivity index (χ0n) is 25.7. The molecule has 1 saturated heterocycles. The molecule has 5 rings (SSSR count). The lowest BCUT2D eigenvalue weighted by molar-refractivity contribution is -0.144. The number of ether oxygens (including phenoxy) is 2. The van der Waals surface area contributed by atoms with Crippen LogP contribution in [0.5, 0.6) is 0 Å². The number of carbonyl (C=O) groups excluding carboxylic acids is 3. The summed E-state index contributed by atoms with van der Waals surface area (Å²) in [5, 5.41) is 5.73. The van der Waals surface area contributed by atoms with Gasteiger partial charge in [-0.05, 0) is 28.7 Å². The van der Waals surface area contributed by atoms with E-state index in [1.165, 1.54) is 0 Å². The van der Waals surface area contributed by atoms with Gasteiger partial charge in [0, 0.05) is 32.1 Å². The Morgan fingerprint density at radius 3 is 1.83 bits per heavy atom. The molecule has 8 heteroatoms. The first-order valence-electron chi connectivity index (χ1n) is 15.6. The lowest BCUT2D eigenvalue weighted by Gasteiger charge is -2.27. The Labute approximate surface area is 270 Å². The summed E-state index contributed by atoms with van der Waals surface area (Å²) >= 11 is 0. The fourth-order valence-electron chi connectivity index (χ4n) is 5.23. The number of benzene rings is 4. The standard InChI is InChI=1S/C38H39N3O5/c42-35(22-21-29-13-5-1-6-14-29)39-33(27-30-15-7-2-8-16-30)37(43)40-34(28-41-23-25-45-26-24-41)38(44)46-36(31-17-9-3-10-18-31)32-19-11-4-12-20-32/h1-20,28,33,36H,21-27H2,(H,39,42)(H,40,43)/t33-/m0/s1. The van der Waals surface area contributed by atoms with E-state index in [0.29, 0.717) is 32.7 Å². The molecule has 1 aliphatic heterocycles.